The number of halogens is 1. The molecule has 0 rings (SSSR count). The zero-order valence-electron chi connectivity index (χ0n) is 10.9. The van der Waals surface area contributed by atoms with E-state index in [-0.39, 0.29) is 31.6 Å². The Labute approximate surface area is 109 Å². The topological polar surface area (TPSA) is 87.0 Å². The van der Waals surface area contributed by atoms with E-state index in [1.165, 1.54) is 6.92 Å². The van der Waals surface area contributed by atoms with Crippen LogP contribution in [0.2, 0.25) is 0 Å². The van der Waals surface area contributed by atoms with Crippen LogP contribution in [0.25, 0.3) is 0 Å². The van der Waals surface area contributed by atoms with Crippen molar-refractivity contribution in [2.24, 2.45) is 0 Å². The lowest BCUT2D eigenvalue weighted by molar-refractivity contribution is -0.870. The molecule has 0 amide bonds. The lowest BCUT2D eigenvalue weighted by Gasteiger charge is -2.23. The van der Waals surface area contributed by atoms with E-state index in [9.17, 15) is 4.79 Å². The van der Waals surface area contributed by atoms with E-state index in [4.69, 9.17) is 20.1 Å². The number of carbonyl (C=O) groups excluding carboxylic acids is 1. The molecule has 3 N–H and O–H groups in total. The predicted octanol–water partition coefficient (Wildman–Crippen LogP) is -4.41. The van der Waals surface area contributed by atoms with Gasteiger partial charge in [0.05, 0.1) is 34.4 Å². The van der Waals surface area contributed by atoms with E-state index in [2.05, 4.69) is 21.1 Å². The van der Waals surface area contributed by atoms with E-state index in [0.29, 0.717) is 6.61 Å². The van der Waals surface area contributed by atoms with Crippen molar-refractivity contribution < 1.29 is 41.7 Å². The average Bonchev–Trinajstić information content (AvgIpc) is 2.15. The molecule has 0 radical (unpaired) electrons. The van der Waals surface area contributed by atoms with Gasteiger partial charge in [-0.3, -0.25) is 4.79 Å². The number of carbonyl (C=O) groups is 1. The summed E-state index contributed by atoms with van der Waals surface area (Å²) in [6.07, 6.45) is -0.954. The highest BCUT2D eigenvalue weighted by Gasteiger charge is 2.06. The van der Waals surface area contributed by atoms with Gasteiger partial charge < -0.3 is 36.9 Å². The molecule has 0 aliphatic rings. The van der Waals surface area contributed by atoms with Crippen LogP contribution in [0.5, 0.6) is 0 Å². The van der Waals surface area contributed by atoms with Crippen molar-refractivity contribution in [1.82, 2.24) is 0 Å². The monoisotopic (exact) mass is 273 g/mol. The number of likely N-dealkylation sites (N-methyl/N-ethyl adjacent to an activating group) is 1. The van der Waals surface area contributed by atoms with Crippen molar-refractivity contribution in [3.05, 3.63) is 0 Å². The highest BCUT2D eigenvalue weighted by Crippen LogP contribution is 1.89. The Morgan fingerprint density at radius 2 is 1.65 bits per heavy atom. The number of rotatable bonds is 5. The fourth-order valence-corrected chi connectivity index (χ4v) is 0.521. The number of quaternary nitrogens is 1. The Bertz CT molecular complexity index is 180. The summed E-state index contributed by atoms with van der Waals surface area (Å²) in [6, 6.07) is 0. The molecule has 0 spiro atoms. The lowest BCUT2D eigenvalue weighted by Crippen LogP contribution is -3.00. The molecule has 106 valence electrons. The SMILES string of the molecule is CC(=O)OCC[N+](C)(C)C.OCC(O)CO.[Cl-]. The molecule has 0 saturated carbocycles. The van der Waals surface area contributed by atoms with E-state index < -0.39 is 6.10 Å². The third-order valence-electron chi connectivity index (χ3n) is 1.49. The molecule has 7 heteroatoms. The molecule has 0 aromatic rings. The molecule has 0 bridgehead atoms. The second-order valence-electron chi connectivity index (χ2n) is 4.37. The summed E-state index contributed by atoms with van der Waals surface area (Å²) in [7, 11) is 6.18. The minimum absolute atomic E-state index is 0. The van der Waals surface area contributed by atoms with Crippen LogP contribution in [-0.2, 0) is 9.53 Å². The van der Waals surface area contributed by atoms with Gasteiger partial charge in [-0.1, -0.05) is 0 Å². The van der Waals surface area contributed by atoms with Gasteiger partial charge in [-0.2, -0.15) is 0 Å². The zero-order chi connectivity index (χ0) is 13.2. The van der Waals surface area contributed by atoms with Crippen LogP contribution in [0.4, 0.5) is 0 Å². The van der Waals surface area contributed by atoms with E-state index in [0.717, 1.165) is 11.0 Å². The van der Waals surface area contributed by atoms with Gasteiger partial charge in [0.2, 0.25) is 0 Å². The minimum Gasteiger partial charge on any atom is -1.00 e. The number of hydrogen-bond donors (Lipinski definition) is 3. The van der Waals surface area contributed by atoms with Crippen molar-refractivity contribution in [3.8, 4) is 0 Å². The van der Waals surface area contributed by atoms with E-state index >= 15 is 0 Å². The molecule has 0 aliphatic carbocycles. The van der Waals surface area contributed by atoms with Gasteiger partial charge in [0.1, 0.15) is 19.3 Å². The molecular weight excluding hydrogens is 250 g/mol. The van der Waals surface area contributed by atoms with Crippen LogP contribution in [-0.4, -0.2) is 79.4 Å². The van der Waals surface area contributed by atoms with E-state index in [1.807, 2.05) is 0 Å². The number of hydrogen-bond acceptors (Lipinski definition) is 5. The van der Waals surface area contributed by atoms with Crippen LogP contribution in [0.1, 0.15) is 6.92 Å². The number of ether oxygens (including phenoxy) is 1. The maximum atomic E-state index is 10.3. The second-order valence-corrected chi connectivity index (χ2v) is 4.37. The molecular formula is C10H24ClNO5. The molecule has 0 fully saturated rings. The summed E-state index contributed by atoms with van der Waals surface area (Å²) in [5.74, 6) is -0.201. The molecule has 0 saturated heterocycles. The largest absolute Gasteiger partial charge is 1.00 e. The molecule has 0 aliphatic heterocycles. The van der Waals surface area contributed by atoms with Gasteiger partial charge in [-0.05, 0) is 0 Å². The summed E-state index contributed by atoms with van der Waals surface area (Å²) in [5.41, 5.74) is 0. The highest BCUT2D eigenvalue weighted by atomic mass is 35.5. The van der Waals surface area contributed by atoms with Crippen LogP contribution >= 0.6 is 0 Å². The van der Waals surface area contributed by atoms with Crippen molar-refractivity contribution in [3.63, 3.8) is 0 Å². The third-order valence-corrected chi connectivity index (χ3v) is 1.49. The van der Waals surface area contributed by atoms with Crippen LogP contribution in [0, 0.1) is 0 Å². The Hall–Kier alpha value is -0.400. The first kappa shape index (κ1) is 21.8. The first-order valence-corrected chi connectivity index (χ1v) is 5.06. The molecule has 0 aromatic heterocycles. The molecule has 17 heavy (non-hydrogen) atoms. The van der Waals surface area contributed by atoms with Gasteiger partial charge in [0.25, 0.3) is 0 Å². The van der Waals surface area contributed by atoms with Crippen LogP contribution < -0.4 is 12.4 Å². The van der Waals surface area contributed by atoms with Gasteiger partial charge in [0, 0.05) is 6.92 Å². The minimum atomic E-state index is -0.954. The fourth-order valence-electron chi connectivity index (χ4n) is 0.521. The summed E-state index contributed by atoms with van der Waals surface area (Å²) < 4.78 is 5.59. The number of nitrogens with zero attached hydrogens (tertiary/aromatic N) is 1. The number of aliphatic hydroxyl groups excluding tert-OH is 3. The predicted molar refractivity (Wildman–Crippen MR) is 59.7 cm³/mol. The van der Waals surface area contributed by atoms with Gasteiger partial charge in [-0.25, -0.2) is 0 Å². The third kappa shape index (κ3) is 25.7. The van der Waals surface area contributed by atoms with Gasteiger partial charge in [-0.15, -0.1) is 0 Å². The van der Waals surface area contributed by atoms with Crippen molar-refractivity contribution in [2.75, 3.05) is 47.5 Å². The summed E-state index contributed by atoms with van der Waals surface area (Å²) in [5, 5.41) is 24.0. The quantitative estimate of drug-likeness (QED) is 0.348. The number of aliphatic hydroxyl groups is 3. The maximum absolute atomic E-state index is 10.3. The lowest BCUT2D eigenvalue weighted by atomic mass is 10.4. The normalized spacial score (nSPS) is 10.1. The Morgan fingerprint density at radius 3 is 1.82 bits per heavy atom. The zero-order valence-corrected chi connectivity index (χ0v) is 11.6. The Balaban J connectivity index is -0.000000244. The van der Waals surface area contributed by atoms with Crippen molar-refractivity contribution in [2.45, 2.75) is 13.0 Å². The number of esters is 1. The summed E-state index contributed by atoms with van der Waals surface area (Å²) in [4.78, 5) is 10.3. The summed E-state index contributed by atoms with van der Waals surface area (Å²) >= 11 is 0. The standard InChI is InChI=1S/C7H16NO2.C3H8O3.ClH/c1-7(9)10-6-5-8(2,3)4;4-1-3(6)2-5;/h5-6H2,1-4H3;3-6H,1-2H2;1H/q+1;;/p-1. The maximum Gasteiger partial charge on any atom is 0.302 e. The highest BCUT2D eigenvalue weighted by molar-refractivity contribution is 5.65. The van der Waals surface area contributed by atoms with Gasteiger partial charge >= 0.3 is 5.97 Å². The molecule has 0 unspecified atom stereocenters. The van der Waals surface area contributed by atoms with Crippen LogP contribution in [0.3, 0.4) is 0 Å². The van der Waals surface area contributed by atoms with Gasteiger partial charge in [0.15, 0.2) is 0 Å². The van der Waals surface area contributed by atoms with Crippen molar-refractivity contribution >= 4 is 5.97 Å². The first-order valence-electron chi connectivity index (χ1n) is 5.06. The Kier molecular flexibility index (Phi) is 15.5. The molecule has 0 aromatic carbocycles. The van der Waals surface area contributed by atoms with Crippen LogP contribution in [0.15, 0.2) is 0 Å². The smallest absolute Gasteiger partial charge is 0.302 e. The second kappa shape index (κ2) is 12.1. The average molecular weight is 274 g/mol. The van der Waals surface area contributed by atoms with E-state index in [1.54, 1.807) is 0 Å². The molecule has 0 heterocycles. The molecule has 6 nitrogen and oxygen atoms in total. The van der Waals surface area contributed by atoms with Crippen molar-refractivity contribution in [1.29, 1.82) is 0 Å². The summed E-state index contributed by atoms with van der Waals surface area (Å²) in [6.45, 7) is 2.07. The Morgan fingerprint density at radius 1 is 1.24 bits per heavy atom. The first-order chi connectivity index (χ1) is 7.22. The fraction of sp³-hybridized carbons (Fsp3) is 0.900. The molecule has 0 atom stereocenters.